The molecule has 44 heavy (non-hydrogen) atoms. The van der Waals surface area contributed by atoms with Gasteiger partial charge in [-0.3, -0.25) is 9.59 Å². The molecule has 0 radical (unpaired) electrons. The fourth-order valence-electron chi connectivity index (χ4n) is 5.27. The third kappa shape index (κ3) is 9.57. The number of benzene rings is 3. The van der Waals surface area contributed by atoms with Gasteiger partial charge >= 0.3 is 6.09 Å². The number of carbonyl (C=O) groups excluding carboxylic acids is 3. The van der Waals surface area contributed by atoms with E-state index in [1.165, 1.54) is 0 Å². The molecule has 3 aromatic rings. The van der Waals surface area contributed by atoms with Crippen LogP contribution in [0.5, 0.6) is 0 Å². The highest BCUT2D eigenvalue weighted by molar-refractivity contribution is 6.00. The first-order valence-electron chi connectivity index (χ1n) is 15.9. The second kappa shape index (κ2) is 15.2. The lowest BCUT2D eigenvalue weighted by Crippen LogP contribution is -2.56. The number of hydrogen-bond acceptors (Lipinski definition) is 4. The Morgan fingerprint density at radius 2 is 1.48 bits per heavy atom. The van der Waals surface area contributed by atoms with Gasteiger partial charge in [0.15, 0.2) is 0 Å². The predicted octanol–water partition coefficient (Wildman–Crippen LogP) is 8.28. The number of anilines is 1. The van der Waals surface area contributed by atoms with Crippen LogP contribution in [0.2, 0.25) is 0 Å². The minimum Gasteiger partial charge on any atom is -0.444 e. The summed E-state index contributed by atoms with van der Waals surface area (Å²) in [4.78, 5) is 43.6. The number of alkyl carbamates (subject to hydrolysis) is 1. The third-order valence-electron chi connectivity index (χ3n) is 7.74. The third-order valence-corrected chi connectivity index (χ3v) is 7.74. The van der Waals surface area contributed by atoms with Crippen LogP contribution < -0.4 is 10.6 Å². The van der Waals surface area contributed by atoms with Gasteiger partial charge < -0.3 is 20.3 Å². The van der Waals surface area contributed by atoms with Gasteiger partial charge in [-0.1, -0.05) is 89.2 Å². The number of ether oxygens (including phenoxy) is 1. The lowest BCUT2D eigenvalue weighted by atomic mass is 9.94. The van der Waals surface area contributed by atoms with Crippen molar-refractivity contribution in [1.82, 2.24) is 10.2 Å². The first-order chi connectivity index (χ1) is 20.7. The number of aryl methyl sites for hydroxylation is 1. The molecule has 3 rings (SSSR count). The lowest BCUT2D eigenvalue weighted by Gasteiger charge is -2.39. The Balaban J connectivity index is 2.10. The van der Waals surface area contributed by atoms with E-state index >= 15 is 0 Å². The molecule has 0 aromatic heterocycles. The lowest BCUT2D eigenvalue weighted by molar-refractivity contribution is -0.144. The minimum absolute atomic E-state index is 0.249. The van der Waals surface area contributed by atoms with Crippen LogP contribution in [0.25, 0.3) is 10.8 Å². The topological polar surface area (TPSA) is 87.7 Å². The van der Waals surface area contributed by atoms with Gasteiger partial charge in [0.2, 0.25) is 5.91 Å². The van der Waals surface area contributed by atoms with E-state index in [9.17, 15) is 14.4 Å². The van der Waals surface area contributed by atoms with Crippen LogP contribution in [0.4, 0.5) is 10.5 Å². The Bertz CT molecular complexity index is 1410. The van der Waals surface area contributed by atoms with Crippen LogP contribution in [0.3, 0.4) is 0 Å². The van der Waals surface area contributed by atoms with Crippen LogP contribution in [0.15, 0.2) is 66.7 Å². The molecule has 3 unspecified atom stereocenters. The highest BCUT2D eigenvalue weighted by Crippen LogP contribution is 2.30. The number of amides is 3. The number of hydrogen-bond donors (Lipinski definition) is 2. The summed E-state index contributed by atoms with van der Waals surface area (Å²) in [6.45, 7) is 17.5. The van der Waals surface area contributed by atoms with Crippen LogP contribution in [0.1, 0.15) is 92.3 Å². The monoisotopic (exact) mass is 601 g/mol. The Labute approximate surface area is 263 Å². The van der Waals surface area contributed by atoms with Crippen molar-refractivity contribution in [1.29, 1.82) is 0 Å². The number of rotatable bonds is 12. The molecule has 0 heterocycles. The van der Waals surface area contributed by atoms with E-state index in [1.807, 2.05) is 87.5 Å². The predicted molar refractivity (Wildman–Crippen MR) is 180 cm³/mol. The van der Waals surface area contributed by atoms with Gasteiger partial charge in [-0.15, -0.1) is 0 Å². The second-order valence-corrected chi connectivity index (χ2v) is 13.5. The van der Waals surface area contributed by atoms with E-state index in [0.717, 1.165) is 29.2 Å². The SMILES string of the molecule is CCc1ccc(C(C(=O)Nc2ccc3ccccc3c2)N(C(=O)C(NC(=O)OC(C)(C)C)C(C)C)C(C)CCC(C)C)cc1. The van der Waals surface area contributed by atoms with Crippen LogP contribution >= 0.6 is 0 Å². The smallest absolute Gasteiger partial charge is 0.408 e. The van der Waals surface area contributed by atoms with Crippen LogP contribution in [-0.2, 0) is 20.7 Å². The van der Waals surface area contributed by atoms with E-state index in [4.69, 9.17) is 4.74 Å². The zero-order valence-electron chi connectivity index (χ0n) is 27.9. The van der Waals surface area contributed by atoms with Crippen LogP contribution in [-0.4, -0.2) is 40.5 Å². The van der Waals surface area contributed by atoms with Crippen molar-refractivity contribution >= 4 is 34.4 Å². The molecule has 238 valence electrons. The van der Waals surface area contributed by atoms with E-state index in [2.05, 4.69) is 31.4 Å². The van der Waals surface area contributed by atoms with Crippen molar-refractivity contribution in [2.24, 2.45) is 11.8 Å². The fourth-order valence-corrected chi connectivity index (χ4v) is 5.27. The summed E-state index contributed by atoms with van der Waals surface area (Å²) in [6.07, 6.45) is 1.78. The van der Waals surface area contributed by atoms with Crippen molar-refractivity contribution in [3.8, 4) is 0 Å². The first kappa shape index (κ1) is 34.6. The zero-order valence-corrected chi connectivity index (χ0v) is 27.9. The average Bonchev–Trinajstić information content (AvgIpc) is 2.96. The number of nitrogens with zero attached hydrogens (tertiary/aromatic N) is 1. The molecule has 0 bridgehead atoms. The summed E-state index contributed by atoms with van der Waals surface area (Å²) in [5.74, 6) is -0.459. The van der Waals surface area contributed by atoms with E-state index in [-0.39, 0.29) is 23.8 Å². The van der Waals surface area contributed by atoms with Gasteiger partial charge in [0.05, 0.1) is 0 Å². The normalized spacial score (nSPS) is 13.8. The molecule has 0 fully saturated rings. The quantitative estimate of drug-likeness (QED) is 0.219. The maximum absolute atomic E-state index is 14.6. The van der Waals surface area contributed by atoms with E-state index in [0.29, 0.717) is 23.6 Å². The number of carbonyl (C=O) groups is 3. The van der Waals surface area contributed by atoms with Crippen molar-refractivity contribution in [2.75, 3.05) is 5.32 Å². The highest BCUT2D eigenvalue weighted by Gasteiger charge is 2.40. The summed E-state index contributed by atoms with van der Waals surface area (Å²) in [7, 11) is 0. The molecule has 0 saturated heterocycles. The molecule has 0 saturated carbocycles. The average molecular weight is 602 g/mol. The fraction of sp³-hybridized carbons (Fsp3) is 0.486. The van der Waals surface area contributed by atoms with Gasteiger partial charge in [0.1, 0.15) is 17.7 Å². The maximum Gasteiger partial charge on any atom is 0.408 e. The molecule has 0 aliphatic rings. The maximum atomic E-state index is 14.6. The molecular weight excluding hydrogens is 550 g/mol. The largest absolute Gasteiger partial charge is 0.444 e. The van der Waals surface area contributed by atoms with Gasteiger partial charge in [0, 0.05) is 11.7 Å². The van der Waals surface area contributed by atoms with Crippen molar-refractivity contribution in [2.45, 2.75) is 105 Å². The summed E-state index contributed by atoms with van der Waals surface area (Å²) in [6, 6.07) is 19.6. The standard InChI is InChI=1S/C37H51N3O4/c1-10-27-17-19-29(20-18-27)33(34(41)38-31-22-21-28-13-11-12-14-30(28)23-31)40(26(6)16-15-24(2)3)35(42)32(25(4)5)39-36(43)44-37(7,8)9/h11-14,17-26,32-33H,10,15-16H2,1-9H3,(H,38,41)(H,39,43). The van der Waals surface area contributed by atoms with Gasteiger partial charge in [0.25, 0.3) is 5.91 Å². The summed E-state index contributed by atoms with van der Waals surface area (Å²) in [5, 5.41) is 8.02. The van der Waals surface area contributed by atoms with Gasteiger partial charge in [-0.25, -0.2) is 4.79 Å². The Morgan fingerprint density at radius 3 is 2.05 bits per heavy atom. The molecule has 3 amide bonds. The second-order valence-electron chi connectivity index (χ2n) is 13.5. The molecular formula is C37H51N3O4. The van der Waals surface area contributed by atoms with Crippen molar-refractivity contribution in [3.05, 3.63) is 77.9 Å². The van der Waals surface area contributed by atoms with Crippen LogP contribution in [0, 0.1) is 11.8 Å². The van der Waals surface area contributed by atoms with E-state index < -0.39 is 23.8 Å². The first-order valence-corrected chi connectivity index (χ1v) is 15.9. The Hall–Kier alpha value is -3.87. The molecule has 7 heteroatoms. The number of nitrogens with one attached hydrogen (secondary N) is 2. The Kier molecular flexibility index (Phi) is 12.0. The van der Waals surface area contributed by atoms with Crippen molar-refractivity contribution in [3.63, 3.8) is 0 Å². The molecule has 3 atom stereocenters. The molecule has 7 nitrogen and oxygen atoms in total. The zero-order chi connectivity index (χ0) is 32.6. The molecule has 3 aromatic carbocycles. The minimum atomic E-state index is -0.927. The highest BCUT2D eigenvalue weighted by atomic mass is 16.6. The van der Waals surface area contributed by atoms with Gasteiger partial charge in [-0.05, 0) is 92.8 Å². The molecule has 0 aliphatic heterocycles. The Morgan fingerprint density at radius 1 is 0.841 bits per heavy atom. The summed E-state index contributed by atoms with van der Waals surface area (Å²) >= 11 is 0. The van der Waals surface area contributed by atoms with Gasteiger partial charge in [-0.2, -0.15) is 0 Å². The molecule has 0 aliphatic carbocycles. The van der Waals surface area contributed by atoms with Crippen molar-refractivity contribution < 1.29 is 19.1 Å². The summed E-state index contributed by atoms with van der Waals surface area (Å²) in [5.41, 5.74) is 1.78. The molecule has 0 spiro atoms. The van der Waals surface area contributed by atoms with E-state index in [1.54, 1.807) is 25.7 Å². The molecule has 2 N–H and O–H groups in total. The summed E-state index contributed by atoms with van der Waals surface area (Å²) < 4.78 is 5.52. The number of fused-ring (bicyclic) bond motifs is 1.